The molecule has 2 aliphatic rings. The molecule has 142 valence electrons. The van der Waals surface area contributed by atoms with Gasteiger partial charge in [-0.1, -0.05) is 24.3 Å². The van der Waals surface area contributed by atoms with Crippen LogP contribution >= 0.6 is 0 Å². The molecule has 1 saturated heterocycles. The van der Waals surface area contributed by atoms with Crippen LogP contribution in [0.5, 0.6) is 11.5 Å². The predicted molar refractivity (Wildman–Crippen MR) is 106 cm³/mol. The summed E-state index contributed by atoms with van der Waals surface area (Å²) >= 11 is 0. The Bertz CT molecular complexity index is 813. The van der Waals surface area contributed by atoms with E-state index in [4.69, 9.17) is 9.47 Å². The maximum Gasteiger partial charge on any atom is 0.168 e. The predicted octanol–water partition coefficient (Wildman–Crippen LogP) is 3.14. The van der Waals surface area contributed by atoms with E-state index in [1.54, 1.807) is 6.26 Å². The summed E-state index contributed by atoms with van der Waals surface area (Å²) in [7, 11) is 0. The highest BCUT2D eigenvalue weighted by Crippen LogP contribution is 2.32. The Morgan fingerprint density at radius 3 is 2.67 bits per heavy atom. The fraction of sp³-hybridized carbons (Fsp3) is 0.364. The number of ether oxygens (including phenoxy) is 2. The molecular weight excluding hydrogens is 340 g/mol. The first-order chi connectivity index (χ1) is 13.2. The first-order valence-corrected chi connectivity index (χ1v) is 9.50. The molecule has 0 radical (unpaired) electrons. The smallest absolute Gasteiger partial charge is 0.168 e. The fourth-order valence-electron chi connectivity index (χ4n) is 3.68. The Kier molecular flexibility index (Phi) is 5.32. The number of rotatable bonds is 4. The van der Waals surface area contributed by atoms with Crippen LogP contribution in [0.2, 0.25) is 0 Å². The molecule has 5 heteroatoms. The van der Waals surface area contributed by atoms with Crippen molar-refractivity contribution in [2.75, 3.05) is 44.2 Å². The number of aryl methyl sites for hydroxylation is 1. The van der Waals surface area contributed by atoms with Crippen LogP contribution in [0.15, 0.2) is 54.8 Å². The summed E-state index contributed by atoms with van der Waals surface area (Å²) < 4.78 is 11.2. The van der Waals surface area contributed by atoms with Gasteiger partial charge in [-0.3, -0.25) is 4.90 Å². The normalized spacial score (nSPS) is 18.2. The minimum absolute atomic E-state index is 0.500. The number of β-amino-alcohol motifs (C(OH)–C–C–N with tert-alkyl or cyclic N) is 1. The van der Waals surface area contributed by atoms with E-state index in [-0.39, 0.29) is 0 Å². The number of aliphatic hydroxyl groups excluding tert-OH is 1. The number of nitrogens with zero attached hydrogens (tertiary/aromatic N) is 2. The Balaban J connectivity index is 1.36. The molecule has 0 aliphatic carbocycles. The number of aliphatic hydroxyl groups is 1. The zero-order valence-electron chi connectivity index (χ0n) is 15.7. The molecule has 2 aromatic rings. The third kappa shape index (κ3) is 4.10. The molecule has 0 spiro atoms. The van der Waals surface area contributed by atoms with Crippen molar-refractivity contribution in [3.8, 4) is 11.5 Å². The van der Waals surface area contributed by atoms with Crippen LogP contribution in [-0.4, -0.2) is 49.3 Å². The highest BCUT2D eigenvalue weighted by atomic mass is 16.5. The number of benzene rings is 2. The lowest BCUT2D eigenvalue weighted by Gasteiger charge is -2.37. The lowest BCUT2D eigenvalue weighted by atomic mass is 10.1. The van der Waals surface area contributed by atoms with E-state index in [2.05, 4.69) is 41.0 Å². The number of piperazine rings is 1. The molecule has 1 atom stereocenters. The topological polar surface area (TPSA) is 45.2 Å². The van der Waals surface area contributed by atoms with Gasteiger partial charge in [0.1, 0.15) is 6.61 Å². The average Bonchev–Trinajstić information content (AvgIpc) is 2.94. The van der Waals surface area contributed by atoms with Gasteiger partial charge >= 0.3 is 0 Å². The summed E-state index contributed by atoms with van der Waals surface area (Å²) in [4.78, 5) is 4.75. The molecule has 5 nitrogen and oxygen atoms in total. The lowest BCUT2D eigenvalue weighted by Crippen LogP contribution is -2.47. The summed E-state index contributed by atoms with van der Waals surface area (Å²) in [5, 5.41) is 10.7. The molecular formula is C22H26N2O3. The van der Waals surface area contributed by atoms with E-state index in [0.717, 1.165) is 31.7 Å². The number of hydrogen-bond donors (Lipinski definition) is 1. The fourth-order valence-corrected chi connectivity index (χ4v) is 3.68. The van der Waals surface area contributed by atoms with Crippen LogP contribution in [-0.2, 0) is 0 Å². The van der Waals surface area contributed by atoms with Crippen LogP contribution in [0, 0.1) is 6.92 Å². The van der Waals surface area contributed by atoms with Crippen molar-refractivity contribution in [3.05, 3.63) is 65.9 Å². The molecule has 2 heterocycles. The largest absolute Gasteiger partial charge is 0.485 e. The molecule has 27 heavy (non-hydrogen) atoms. The van der Waals surface area contributed by atoms with Crippen molar-refractivity contribution in [1.82, 2.24) is 4.90 Å². The highest BCUT2D eigenvalue weighted by molar-refractivity contribution is 5.53. The maximum atomic E-state index is 10.7. The number of anilines is 1. The molecule has 2 aliphatic heterocycles. The standard InChI is InChI=1S/C22H26N2O3/c1-17-5-2-3-6-19(17)24-11-9-23(10-12-24)16-20(25)18-7-8-21-22(15-18)27-14-4-13-26-21/h2-8,14-15,20,25H,9-13,16H2,1H3. The summed E-state index contributed by atoms with van der Waals surface area (Å²) in [6, 6.07) is 14.2. The quantitative estimate of drug-likeness (QED) is 0.901. The maximum absolute atomic E-state index is 10.7. The highest BCUT2D eigenvalue weighted by Gasteiger charge is 2.21. The summed E-state index contributed by atoms with van der Waals surface area (Å²) in [5.41, 5.74) is 3.48. The number of hydrogen-bond acceptors (Lipinski definition) is 5. The SMILES string of the molecule is Cc1ccccc1N1CCN(CC(O)c2ccc3c(c2)OC=CCO3)CC1. The molecule has 0 aromatic heterocycles. The Hall–Kier alpha value is -2.50. The van der Waals surface area contributed by atoms with Crippen LogP contribution in [0.1, 0.15) is 17.2 Å². The van der Waals surface area contributed by atoms with Crippen LogP contribution in [0.4, 0.5) is 5.69 Å². The van der Waals surface area contributed by atoms with Gasteiger partial charge in [0, 0.05) is 38.4 Å². The van der Waals surface area contributed by atoms with Gasteiger partial charge in [-0.25, -0.2) is 0 Å². The molecule has 2 aromatic carbocycles. The van der Waals surface area contributed by atoms with Gasteiger partial charge in [-0.15, -0.1) is 0 Å². The molecule has 0 bridgehead atoms. The van der Waals surface area contributed by atoms with Gasteiger partial charge in [0.15, 0.2) is 11.5 Å². The van der Waals surface area contributed by atoms with Crippen LogP contribution in [0.25, 0.3) is 0 Å². The minimum atomic E-state index is -0.545. The van der Waals surface area contributed by atoms with E-state index in [1.165, 1.54) is 11.3 Å². The van der Waals surface area contributed by atoms with E-state index in [0.29, 0.717) is 24.7 Å². The van der Waals surface area contributed by atoms with Crippen molar-refractivity contribution in [2.45, 2.75) is 13.0 Å². The summed E-state index contributed by atoms with van der Waals surface area (Å²) in [6.45, 7) is 7.12. The van der Waals surface area contributed by atoms with Gasteiger partial charge in [-0.05, 0) is 42.3 Å². The Morgan fingerprint density at radius 1 is 1.04 bits per heavy atom. The van der Waals surface area contributed by atoms with Crippen molar-refractivity contribution >= 4 is 5.69 Å². The zero-order valence-corrected chi connectivity index (χ0v) is 15.7. The average molecular weight is 366 g/mol. The van der Waals surface area contributed by atoms with Gasteiger partial charge in [-0.2, -0.15) is 0 Å². The number of para-hydroxylation sites is 1. The van der Waals surface area contributed by atoms with E-state index >= 15 is 0 Å². The molecule has 4 rings (SSSR count). The monoisotopic (exact) mass is 366 g/mol. The van der Waals surface area contributed by atoms with Crippen molar-refractivity contribution < 1.29 is 14.6 Å². The van der Waals surface area contributed by atoms with E-state index in [1.807, 2.05) is 24.3 Å². The first-order valence-electron chi connectivity index (χ1n) is 9.50. The molecule has 0 saturated carbocycles. The van der Waals surface area contributed by atoms with Gasteiger partial charge < -0.3 is 19.5 Å². The molecule has 1 unspecified atom stereocenters. The second-order valence-corrected chi connectivity index (χ2v) is 7.10. The third-order valence-electron chi connectivity index (χ3n) is 5.24. The van der Waals surface area contributed by atoms with Gasteiger partial charge in [0.25, 0.3) is 0 Å². The number of fused-ring (bicyclic) bond motifs is 1. The van der Waals surface area contributed by atoms with Crippen LogP contribution in [0.3, 0.4) is 0 Å². The molecule has 1 fully saturated rings. The first kappa shape index (κ1) is 17.9. The second-order valence-electron chi connectivity index (χ2n) is 7.10. The summed E-state index contributed by atoms with van der Waals surface area (Å²) in [6.07, 6.45) is 2.91. The third-order valence-corrected chi connectivity index (χ3v) is 5.24. The lowest BCUT2D eigenvalue weighted by molar-refractivity contribution is 0.109. The second kappa shape index (κ2) is 8.03. The van der Waals surface area contributed by atoms with Crippen molar-refractivity contribution in [1.29, 1.82) is 0 Å². The van der Waals surface area contributed by atoms with Crippen molar-refractivity contribution in [2.24, 2.45) is 0 Å². The molecule has 1 N–H and O–H groups in total. The van der Waals surface area contributed by atoms with Gasteiger partial charge in [0.05, 0.1) is 12.4 Å². The van der Waals surface area contributed by atoms with E-state index < -0.39 is 6.10 Å². The summed E-state index contributed by atoms with van der Waals surface area (Å²) in [5.74, 6) is 1.37. The van der Waals surface area contributed by atoms with Gasteiger partial charge in [0.2, 0.25) is 0 Å². The Labute approximate surface area is 160 Å². The molecule has 0 amide bonds. The minimum Gasteiger partial charge on any atom is -0.485 e. The zero-order chi connectivity index (χ0) is 18.6. The van der Waals surface area contributed by atoms with Crippen molar-refractivity contribution in [3.63, 3.8) is 0 Å². The Morgan fingerprint density at radius 2 is 1.85 bits per heavy atom. The van der Waals surface area contributed by atoms with Crippen LogP contribution < -0.4 is 14.4 Å². The van der Waals surface area contributed by atoms with E-state index in [9.17, 15) is 5.11 Å².